The minimum absolute atomic E-state index is 0.252. The lowest BCUT2D eigenvalue weighted by molar-refractivity contribution is 0.314. The van der Waals surface area contributed by atoms with Gasteiger partial charge in [-0.25, -0.2) is 9.61 Å². The predicted molar refractivity (Wildman–Crippen MR) is 91.5 cm³/mol. The lowest BCUT2D eigenvalue weighted by atomic mass is 10.0. The number of fused-ring (bicyclic) bond motifs is 1. The summed E-state index contributed by atoms with van der Waals surface area (Å²) in [6.07, 6.45) is 0.399. The van der Waals surface area contributed by atoms with Crippen molar-refractivity contribution in [2.75, 3.05) is 7.11 Å². The summed E-state index contributed by atoms with van der Waals surface area (Å²) in [5, 5.41) is 7.23. The third-order valence-electron chi connectivity index (χ3n) is 3.93. The molecule has 2 aromatic carbocycles. The molecule has 7 nitrogen and oxygen atoms in total. The van der Waals surface area contributed by atoms with Crippen LogP contribution in [0.4, 0.5) is 0 Å². The quantitative estimate of drug-likeness (QED) is 0.616. The number of benzene rings is 2. The summed E-state index contributed by atoms with van der Waals surface area (Å²) in [5.74, 6) is 0.812. The van der Waals surface area contributed by atoms with Gasteiger partial charge in [0.2, 0.25) is 11.3 Å². The Morgan fingerprint density at radius 1 is 1.08 bits per heavy atom. The van der Waals surface area contributed by atoms with E-state index in [1.54, 1.807) is 7.11 Å². The summed E-state index contributed by atoms with van der Waals surface area (Å²) in [4.78, 5) is 18.9. The van der Waals surface area contributed by atoms with E-state index in [4.69, 9.17) is 4.74 Å². The van der Waals surface area contributed by atoms with Gasteiger partial charge < -0.3 is 4.74 Å². The van der Waals surface area contributed by atoms with Crippen molar-refractivity contribution in [3.8, 4) is 16.9 Å². The van der Waals surface area contributed by atoms with Crippen LogP contribution < -0.4 is 10.3 Å². The summed E-state index contributed by atoms with van der Waals surface area (Å²) in [5.41, 5.74) is 3.74. The highest BCUT2D eigenvalue weighted by Gasteiger charge is 2.10. The number of hydrogen-bond donors (Lipinski definition) is 1. The average Bonchev–Trinajstić information content (AvgIpc) is 3.10. The number of nitrogens with zero attached hydrogens (tertiary/aromatic N) is 3. The second kappa shape index (κ2) is 6.20. The topological polar surface area (TPSA) is 93.9 Å². The standard InChI is InChI=1S/C18H14N4O3/c1-24-14-4-2-3-13(10-14)12-7-5-11(6-8-12)9-15-18(23)20-17-16(19-15)21-25-22-17/h2-8,10H,9H2,1H3,(H,20,22,23). The first kappa shape index (κ1) is 15.1. The molecule has 0 atom stereocenters. The molecule has 4 aromatic rings. The lowest BCUT2D eigenvalue weighted by Gasteiger charge is -2.06. The van der Waals surface area contributed by atoms with E-state index in [1.807, 2.05) is 48.5 Å². The molecule has 0 bridgehead atoms. The molecule has 0 spiro atoms. The highest BCUT2D eigenvalue weighted by atomic mass is 16.6. The van der Waals surface area contributed by atoms with E-state index in [9.17, 15) is 4.79 Å². The van der Waals surface area contributed by atoms with Gasteiger partial charge in [-0.1, -0.05) is 36.4 Å². The van der Waals surface area contributed by atoms with Gasteiger partial charge in [-0.2, -0.15) is 0 Å². The first-order chi connectivity index (χ1) is 12.2. The molecule has 124 valence electrons. The molecule has 7 heteroatoms. The third-order valence-corrected chi connectivity index (χ3v) is 3.93. The Kier molecular flexibility index (Phi) is 3.74. The van der Waals surface area contributed by atoms with Crippen molar-refractivity contribution in [1.82, 2.24) is 20.3 Å². The molecule has 0 amide bonds. The molecule has 0 fully saturated rings. The van der Waals surface area contributed by atoms with E-state index in [1.165, 1.54) is 0 Å². The molecule has 0 radical (unpaired) electrons. The molecule has 25 heavy (non-hydrogen) atoms. The van der Waals surface area contributed by atoms with Crippen molar-refractivity contribution in [1.29, 1.82) is 0 Å². The monoisotopic (exact) mass is 334 g/mol. The highest BCUT2D eigenvalue weighted by Crippen LogP contribution is 2.24. The van der Waals surface area contributed by atoms with E-state index in [-0.39, 0.29) is 11.2 Å². The maximum absolute atomic E-state index is 12.1. The molecular formula is C18H14N4O3. The predicted octanol–water partition coefficient (Wildman–Crippen LogP) is 2.57. The van der Waals surface area contributed by atoms with E-state index in [2.05, 4.69) is 24.9 Å². The third kappa shape index (κ3) is 2.99. The van der Waals surface area contributed by atoms with Crippen LogP contribution in [0.5, 0.6) is 5.75 Å². The second-order valence-electron chi connectivity index (χ2n) is 5.55. The fourth-order valence-corrected chi connectivity index (χ4v) is 2.63. The number of ether oxygens (including phenoxy) is 1. The first-order valence-electron chi connectivity index (χ1n) is 7.68. The van der Waals surface area contributed by atoms with Crippen LogP contribution in [0.25, 0.3) is 22.4 Å². The summed E-state index contributed by atoms with van der Waals surface area (Å²) < 4.78 is 9.82. The average molecular weight is 334 g/mol. The highest BCUT2D eigenvalue weighted by molar-refractivity contribution is 5.65. The first-order valence-corrected chi connectivity index (χ1v) is 7.68. The molecule has 1 N–H and O–H groups in total. The van der Waals surface area contributed by atoms with Crippen LogP contribution in [0, 0.1) is 0 Å². The largest absolute Gasteiger partial charge is 0.497 e. The maximum atomic E-state index is 12.1. The summed E-state index contributed by atoms with van der Waals surface area (Å²) in [7, 11) is 1.65. The fraction of sp³-hybridized carbons (Fsp3) is 0.111. The zero-order chi connectivity index (χ0) is 17.2. The molecular weight excluding hydrogens is 320 g/mol. The van der Waals surface area contributed by atoms with Crippen LogP contribution >= 0.6 is 0 Å². The van der Waals surface area contributed by atoms with Crippen molar-refractivity contribution in [2.24, 2.45) is 0 Å². The van der Waals surface area contributed by atoms with Crippen LogP contribution in [0.3, 0.4) is 0 Å². The molecule has 0 saturated carbocycles. The van der Waals surface area contributed by atoms with Crippen LogP contribution in [0.2, 0.25) is 0 Å². The molecule has 2 aromatic heterocycles. The number of aromatic amines is 1. The minimum atomic E-state index is -0.292. The van der Waals surface area contributed by atoms with Gasteiger partial charge in [-0.3, -0.25) is 9.78 Å². The summed E-state index contributed by atoms with van der Waals surface area (Å²) in [6, 6.07) is 15.8. The summed E-state index contributed by atoms with van der Waals surface area (Å²) >= 11 is 0. The van der Waals surface area contributed by atoms with Gasteiger partial charge >= 0.3 is 0 Å². The maximum Gasteiger partial charge on any atom is 0.271 e. The lowest BCUT2D eigenvalue weighted by Crippen LogP contribution is -2.15. The van der Waals surface area contributed by atoms with E-state index < -0.39 is 0 Å². The summed E-state index contributed by atoms with van der Waals surface area (Å²) in [6.45, 7) is 0. The number of rotatable bonds is 4. The SMILES string of the molecule is COc1cccc(-c2ccc(Cc3nc4nonc4[nH]c3=O)cc2)c1. The van der Waals surface area contributed by atoms with E-state index >= 15 is 0 Å². The van der Waals surface area contributed by atoms with Gasteiger partial charge in [0.1, 0.15) is 11.4 Å². The van der Waals surface area contributed by atoms with Crippen LogP contribution in [0.15, 0.2) is 58.0 Å². The Labute approximate surface area is 142 Å². The van der Waals surface area contributed by atoms with Gasteiger partial charge in [0, 0.05) is 6.42 Å². The smallest absolute Gasteiger partial charge is 0.271 e. The Hall–Kier alpha value is -3.48. The van der Waals surface area contributed by atoms with Crippen molar-refractivity contribution >= 4 is 11.3 Å². The zero-order valence-corrected chi connectivity index (χ0v) is 13.4. The molecule has 0 saturated heterocycles. The number of methoxy groups -OCH3 is 1. The molecule has 0 aliphatic heterocycles. The van der Waals surface area contributed by atoms with Crippen LogP contribution in [-0.4, -0.2) is 27.4 Å². The molecule has 4 rings (SSSR count). The van der Waals surface area contributed by atoms with Gasteiger partial charge in [0.05, 0.1) is 7.11 Å². The number of aromatic nitrogens is 4. The number of H-pyrrole nitrogens is 1. The minimum Gasteiger partial charge on any atom is -0.497 e. The zero-order valence-electron chi connectivity index (χ0n) is 13.4. The van der Waals surface area contributed by atoms with E-state index in [0.717, 1.165) is 22.4 Å². The van der Waals surface area contributed by atoms with Gasteiger partial charge in [-0.05, 0) is 39.1 Å². The second-order valence-corrected chi connectivity index (χ2v) is 5.55. The molecule has 2 heterocycles. The normalized spacial score (nSPS) is 10.9. The van der Waals surface area contributed by atoms with Crippen molar-refractivity contribution in [2.45, 2.75) is 6.42 Å². The molecule has 0 aliphatic rings. The van der Waals surface area contributed by atoms with Crippen molar-refractivity contribution in [3.05, 3.63) is 70.1 Å². The van der Waals surface area contributed by atoms with Crippen molar-refractivity contribution < 1.29 is 9.37 Å². The van der Waals surface area contributed by atoms with Crippen LogP contribution in [0.1, 0.15) is 11.3 Å². The number of nitrogens with one attached hydrogen (secondary N) is 1. The van der Waals surface area contributed by atoms with Crippen molar-refractivity contribution in [3.63, 3.8) is 0 Å². The number of hydrogen-bond acceptors (Lipinski definition) is 6. The molecule has 0 aliphatic carbocycles. The van der Waals surface area contributed by atoms with Crippen LogP contribution in [-0.2, 0) is 6.42 Å². The van der Waals surface area contributed by atoms with Gasteiger partial charge in [0.25, 0.3) is 5.56 Å². The Balaban J connectivity index is 1.61. The Bertz CT molecular complexity index is 1080. The Morgan fingerprint density at radius 2 is 1.92 bits per heavy atom. The van der Waals surface area contributed by atoms with E-state index in [0.29, 0.717) is 17.8 Å². The van der Waals surface area contributed by atoms with Gasteiger partial charge in [-0.15, -0.1) is 0 Å². The fourth-order valence-electron chi connectivity index (χ4n) is 2.63. The Morgan fingerprint density at radius 3 is 2.72 bits per heavy atom. The molecule has 0 unspecified atom stereocenters. The van der Waals surface area contributed by atoms with Gasteiger partial charge in [0.15, 0.2) is 0 Å².